The third-order valence-electron chi connectivity index (χ3n) is 5.01. The highest BCUT2D eigenvalue weighted by Crippen LogP contribution is 2.41. The monoisotopic (exact) mass is 319 g/mol. The quantitative estimate of drug-likeness (QED) is 0.850. The number of rotatable bonds is 2. The smallest absolute Gasteiger partial charge is 0.497 e. The molecule has 0 aliphatic carbocycles. The fourth-order valence-electron chi connectivity index (χ4n) is 2.84. The number of benzene rings is 1. The van der Waals surface area contributed by atoms with E-state index in [1.807, 2.05) is 45.9 Å². The van der Waals surface area contributed by atoms with E-state index in [1.54, 1.807) is 7.11 Å². The Balaban J connectivity index is 2.00. The molecule has 1 saturated heterocycles. The Labute approximate surface area is 137 Å². The number of methoxy groups -OCH3 is 1. The van der Waals surface area contributed by atoms with E-state index in [4.69, 9.17) is 14.0 Å². The minimum atomic E-state index is -0.978. The van der Waals surface area contributed by atoms with Gasteiger partial charge in [0, 0.05) is 18.7 Å². The van der Waals surface area contributed by atoms with E-state index >= 15 is 4.39 Å². The summed E-state index contributed by atoms with van der Waals surface area (Å²) in [4.78, 5) is 0. The van der Waals surface area contributed by atoms with E-state index in [-0.39, 0.29) is 5.73 Å². The average molecular weight is 319 g/mol. The Bertz CT molecular complexity index is 641. The number of hydrogen-bond donors (Lipinski definition) is 1. The topological polar surface area (TPSA) is 39.7 Å². The first-order valence-electron chi connectivity index (χ1n) is 7.87. The van der Waals surface area contributed by atoms with Gasteiger partial charge in [0.1, 0.15) is 11.5 Å². The van der Waals surface area contributed by atoms with Crippen molar-refractivity contribution in [3.63, 3.8) is 0 Å². The lowest BCUT2D eigenvalue weighted by atomic mass is 9.81. The van der Waals surface area contributed by atoms with Crippen molar-refractivity contribution in [2.75, 3.05) is 13.7 Å². The van der Waals surface area contributed by atoms with Crippen LogP contribution in [0, 0.1) is 0 Å². The highest BCUT2D eigenvalue weighted by atomic mass is 19.1. The summed E-state index contributed by atoms with van der Waals surface area (Å²) in [5, 5.41) is 3.22. The van der Waals surface area contributed by atoms with E-state index in [2.05, 4.69) is 5.32 Å². The summed E-state index contributed by atoms with van der Waals surface area (Å²) in [5.41, 5.74) is 0.979. The second kappa shape index (κ2) is 5.62. The van der Waals surface area contributed by atoms with Crippen LogP contribution in [0.4, 0.5) is 4.39 Å². The zero-order chi connectivity index (χ0) is 16.8. The number of hydrogen-bond acceptors (Lipinski definition) is 4. The van der Waals surface area contributed by atoms with Crippen LogP contribution < -0.4 is 10.1 Å². The van der Waals surface area contributed by atoms with Crippen LogP contribution in [0.3, 0.4) is 0 Å². The Morgan fingerprint density at radius 3 is 2.43 bits per heavy atom. The molecule has 124 valence electrons. The lowest BCUT2D eigenvalue weighted by molar-refractivity contribution is 0.00578. The van der Waals surface area contributed by atoms with E-state index < -0.39 is 18.3 Å². The molecular weight excluding hydrogens is 296 g/mol. The minimum Gasteiger partial charge on any atom is -0.497 e. The molecule has 1 aromatic carbocycles. The summed E-state index contributed by atoms with van der Waals surface area (Å²) in [7, 11) is 0.630. The van der Waals surface area contributed by atoms with Crippen LogP contribution in [-0.2, 0) is 15.9 Å². The van der Waals surface area contributed by atoms with Gasteiger partial charge in [0.25, 0.3) is 0 Å². The molecule has 2 aliphatic rings. The molecule has 0 spiro atoms. The molecule has 0 saturated carbocycles. The summed E-state index contributed by atoms with van der Waals surface area (Å²) in [6.07, 6.45) is 0. The fourth-order valence-corrected chi connectivity index (χ4v) is 2.84. The van der Waals surface area contributed by atoms with Gasteiger partial charge in [-0.25, -0.2) is 4.39 Å². The van der Waals surface area contributed by atoms with Crippen molar-refractivity contribution in [1.29, 1.82) is 0 Å². The first-order chi connectivity index (χ1) is 10.7. The van der Waals surface area contributed by atoms with Crippen LogP contribution in [0.15, 0.2) is 23.9 Å². The highest BCUT2D eigenvalue weighted by Gasteiger charge is 2.53. The van der Waals surface area contributed by atoms with Gasteiger partial charge < -0.3 is 19.4 Å². The molecule has 3 rings (SSSR count). The van der Waals surface area contributed by atoms with Gasteiger partial charge in [-0.05, 0) is 51.0 Å². The molecule has 6 heteroatoms. The number of nitrogens with one attached hydrogen (secondary N) is 1. The lowest BCUT2D eigenvalue weighted by Gasteiger charge is -2.32. The average Bonchev–Trinajstić information content (AvgIpc) is 2.73. The van der Waals surface area contributed by atoms with Crippen LogP contribution >= 0.6 is 0 Å². The largest absolute Gasteiger partial charge is 0.525 e. The van der Waals surface area contributed by atoms with Crippen LogP contribution in [0.1, 0.15) is 38.8 Å². The molecule has 0 unspecified atom stereocenters. The molecule has 1 aromatic rings. The number of fused-ring (bicyclic) bond motifs is 1. The maximum Gasteiger partial charge on any atom is 0.525 e. The van der Waals surface area contributed by atoms with Gasteiger partial charge in [0.2, 0.25) is 0 Å². The molecule has 0 amide bonds. The SMILES string of the molecule is COc1ccc2c(c1)C(=C(F)B1OC(C)(C)C(C)(C)O1)CNC2. The summed E-state index contributed by atoms with van der Waals surface area (Å²) < 4.78 is 32.1. The zero-order valence-corrected chi connectivity index (χ0v) is 14.3. The van der Waals surface area contributed by atoms with E-state index in [9.17, 15) is 0 Å². The molecule has 0 bridgehead atoms. The standard InChI is InChI=1S/C17H23BFNO3/c1-16(2)17(3,4)23-18(22-16)15(19)14-10-20-9-11-6-7-12(21-5)8-13(11)14/h6-8,20H,9-10H2,1-5H3. The molecule has 1 N–H and O–H groups in total. The van der Waals surface area contributed by atoms with Gasteiger partial charge in [-0.2, -0.15) is 0 Å². The number of ether oxygens (including phenoxy) is 1. The first-order valence-corrected chi connectivity index (χ1v) is 7.87. The van der Waals surface area contributed by atoms with Gasteiger partial charge in [0.15, 0.2) is 0 Å². The Hall–Kier alpha value is -1.37. The first kappa shape index (κ1) is 16.5. The van der Waals surface area contributed by atoms with E-state index in [0.717, 1.165) is 11.1 Å². The van der Waals surface area contributed by atoms with Crippen LogP contribution in [0.25, 0.3) is 5.57 Å². The highest BCUT2D eigenvalue weighted by molar-refractivity contribution is 6.55. The van der Waals surface area contributed by atoms with Crippen molar-refractivity contribution < 1.29 is 18.4 Å². The second-order valence-electron chi connectivity index (χ2n) is 7.04. The predicted molar refractivity (Wildman–Crippen MR) is 88.8 cm³/mol. The van der Waals surface area contributed by atoms with Crippen molar-refractivity contribution >= 4 is 12.7 Å². The van der Waals surface area contributed by atoms with Gasteiger partial charge in [0.05, 0.1) is 18.3 Å². The Morgan fingerprint density at radius 2 is 1.83 bits per heavy atom. The second-order valence-corrected chi connectivity index (χ2v) is 7.04. The lowest BCUT2D eigenvalue weighted by Crippen LogP contribution is -2.41. The molecule has 0 atom stereocenters. The van der Waals surface area contributed by atoms with Crippen molar-refractivity contribution in [3.8, 4) is 5.75 Å². The molecule has 4 nitrogen and oxygen atoms in total. The fraction of sp³-hybridized carbons (Fsp3) is 0.529. The summed E-state index contributed by atoms with van der Waals surface area (Å²) in [5.74, 6) is 0.713. The zero-order valence-electron chi connectivity index (χ0n) is 14.3. The maximum atomic E-state index is 15.1. The van der Waals surface area contributed by atoms with Crippen LogP contribution in [-0.4, -0.2) is 32.0 Å². The van der Waals surface area contributed by atoms with Gasteiger partial charge in [-0.3, -0.25) is 0 Å². The Kier molecular flexibility index (Phi) is 4.03. The minimum absolute atomic E-state index is 0.370. The molecule has 1 fully saturated rings. The van der Waals surface area contributed by atoms with Gasteiger partial charge in [-0.15, -0.1) is 0 Å². The summed E-state index contributed by atoms with van der Waals surface area (Å²) in [6, 6.07) is 5.71. The van der Waals surface area contributed by atoms with Crippen molar-refractivity contribution in [3.05, 3.63) is 35.1 Å². The molecule has 2 heterocycles. The summed E-state index contributed by atoms with van der Waals surface area (Å²) >= 11 is 0. The van der Waals surface area contributed by atoms with Crippen molar-refractivity contribution in [2.45, 2.75) is 45.4 Å². The Morgan fingerprint density at radius 1 is 1.17 bits per heavy atom. The van der Waals surface area contributed by atoms with Gasteiger partial charge >= 0.3 is 7.12 Å². The van der Waals surface area contributed by atoms with Crippen molar-refractivity contribution in [1.82, 2.24) is 5.32 Å². The van der Waals surface area contributed by atoms with Crippen LogP contribution in [0.2, 0.25) is 0 Å². The van der Waals surface area contributed by atoms with Crippen LogP contribution in [0.5, 0.6) is 5.75 Å². The molecule has 2 aliphatic heterocycles. The normalized spacial score (nSPS) is 24.3. The molecule has 23 heavy (non-hydrogen) atoms. The third kappa shape index (κ3) is 2.79. The third-order valence-corrected chi connectivity index (χ3v) is 5.01. The molecular formula is C17H23BFNO3. The molecule has 0 aromatic heterocycles. The predicted octanol–water partition coefficient (Wildman–Crippen LogP) is 3.11. The van der Waals surface area contributed by atoms with E-state index in [1.165, 1.54) is 0 Å². The van der Waals surface area contributed by atoms with E-state index in [0.29, 0.717) is 24.4 Å². The maximum absolute atomic E-state index is 15.1. The van der Waals surface area contributed by atoms with Crippen molar-refractivity contribution in [2.24, 2.45) is 0 Å². The van der Waals surface area contributed by atoms with Gasteiger partial charge in [-0.1, -0.05) is 6.07 Å². The molecule has 0 radical (unpaired) electrons. The summed E-state index contributed by atoms with van der Waals surface area (Å²) in [6.45, 7) is 8.82. The number of halogens is 1.